The van der Waals surface area contributed by atoms with Crippen LogP contribution in [0.15, 0.2) is 12.1 Å². The molecule has 1 atom stereocenters. The van der Waals surface area contributed by atoms with Crippen molar-refractivity contribution >= 4 is 11.9 Å². The second-order valence-corrected chi connectivity index (χ2v) is 5.40. The van der Waals surface area contributed by atoms with E-state index >= 15 is 0 Å². The van der Waals surface area contributed by atoms with Crippen LogP contribution in [0.3, 0.4) is 0 Å². The summed E-state index contributed by atoms with van der Waals surface area (Å²) in [5, 5.41) is 8.97. The molecular weight excluding hydrogens is 286 g/mol. The first-order valence-electron chi connectivity index (χ1n) is 7.23. The summed E-state index contributed by atoms with van der Waals surface area (Å²) >= 11 is 0. The Hall–Kier alpha value is -2.24. The summed E-state index contributed by atoms with van der Waals surface area (Å²) in [5.74, 6) is 0.0949. The molecule has 1 aliphatic rings. The first kappa shape index (κ1) is 16.1. The van der Waals surface area contributed by atoms with Crippen LogP contribution in [0.25, 0.3) is 0 Å². The molecule has 0 bridgehead atoms. The number of likely N-dealkylation sites (tertiary alicyclic amines) is 1. The molecule has 0 saturated carbocycles. The van der Waals surface area contributed by atoms with Gasteiger partial charge in [0.15, 0.2) is 0 Å². The highest BCUT2D eigenvalue weighted by Gasteiger charge is 2.31. The highest BCUT2D eigenvalue weighted by atomic mass is 16.5. The van der Waals surface area contributed by atoms with Crippen LogP contribution in [0.2, 0.25) is 0 Å². The lowest BCUT2D eigenvalue weighted by molar-refractivity contribution is -0.137. The van der Waals surface area contributed by atoms with Crippen LogP contribution >= 0.6 is 0 Å². The third-order valence-corrected chi connectivity index (χ3v) is 4.05. The quantitative estimate of drug-likeness (QED) is 0.901. The standard InChI is InChI=1S/C16H21NO5/c1-10-13(21-2)7-11(8-14(10)22-3)16(20)17-6-4-5-12(17)9-15(18)19/h7-8,12H,4-6,9H2,1-3H3,(H,18,19). The lowest BCUT2D eigenvalue weighted by Crippen LogP contribution is -2.36. The number of hydrogen-bond acceptors (Lipinski definition) is 4. The molecule has 22 heavy (non-hydrogen) atoms. The summed E-state index contributed by atoms with van der Waals surface area (Å²) in [6, 6.07) is 3.11. The summed E-state index contributed by atoms with van der Waals surface area (Å²) in [6.07, 6.45) is 1.52. The van der Waals surface area contributed by atoms with E-state index in [2.05, 4.69) is 0 Å². The van der Waals surface area contributed by atoms with E-state index in [9.17, 15) is 9.59 Å². The molecule has 6 heteroatoms. The number of benzene rings is 1. The molecule has 1 unspecified atom stereocenters. The lowest BCUT2D eigenvalue weighted by atomic mass is 10.1. The molecule has 1 aromatic rings. The van der Waals surface area contributed by atoms with Crippen LogP contribution in [-0.4, -0.2) is 48.7 Å². The van der Waals surface area contributed by atoms with Crippen LogP contribution in [0.1, 0.15) is 35.2 Å². The van der Waals surface area contributed by atoms with E-state index in [0.29, 0.717) is 23.6 Å². The van der Waals surface area contributed by atoms with Crippen molar-refractivity contribution in [2.24, 2.45) is 0 Å². The van der Waals surface area contributed by atoms with Crippen LogP contribution in [0.4, 0.5) is 0 Å². The number of carboxylic acid groups (broad SMARTS) is 1. The zero-order valence-electron chi connectivity index (χ0n) is 13.1. The maximum absolute atomic E-state index is 12.7. The van der Waals surface area contributed by atoms with Gasteiger partial charge >= 0.3 is 5.97 Å². The fraction of sp³-hybridized carbons (Fsp3) is 0.500. The predicted molar refractivity (Wildman–Crippen MR) is 80.6 cm³/mol. The highest BCUT2D eigenvalue weighted by Crippen LogP contribution is 2.31. The van der Waals surface area contributed by atoms with E-state index in [1.165, 1.54) is 0 Å². The van der Waals surface area contributed by atoms with E-state index in [4.69, 9.17) is 14.6 Å². The molecule has 2 rings (SSSR count). The minimum absolute atomic E-state index is 0.0220. The third kappa shape index (κ3) is 3.16. The second-order valence-electron chi connectivity index (χ2n) is 5.40. The molecule has 120 valence electrons. The number of rotatable bonds is 5. The van der Waals surface area contributed by atoms with Crippen molar-refractivity contribution in [3.8, 4) is 11.5 Å². The Morgan fingerprint density at radius 3 is 2.36 bits per heavy atom. The van der Waals surface area contributed by atoms with Crippen molar-refractivity contribution in [1.29, 1.82) is 0 Å². The summed E-state index contributed by atoms with van der Waals surface area (Å²) in [5.41, 5.74) is 1.28. The Morgan fingerprint density at radius 1 is 1.27 bits per heavy atom. The average molecular weight is 307 g/mol. The molecule has 0 spiro atoms. The van der Waals surface area contributed by atoms with Crippen molar-refractivity contribution in [2.75, 3.05) is 20.8 Å². The van der Waals surface area contributed by atoms with Gasteiger partial charge in [-0.1, -0.05) is 0 Å². The van der Waals surface area contributed by atoms with Gasteiger partial charge in [0.2, 0.25) is 0 Å². The van der Waals surface area contributed by atoms with E-state index in [-0.39, 0.29) is 18.4 Å². The molecule has 0 radical (unpaired) electrons. The number of carbonyl (C=O) groups is 2. The monoisotopic (exact) mass is 307 g/mol. The molecule has 1 amide bonds. The highest BCUT2D eigenvalue weighted by molar-refractivity contribution is 5.96. The minimum Gasteiger partial charge on any atom is -0.496 e. The van der Waals surface area contributed by atoms with Gasteiger partial charge in [-0.25, -0.2) is 0 Å². The van der Waals surface area contributed by atoms with E-state index in [1.807, 2.05) is 6.92 Å². The molecule has 1 aliphatic heterocycles. The van der Waals surface area contributed by atoms with Crippen molar-refractivity contribution in [1.82, 2.24) is 4.90 Å². The minimum atomic E-state index is -0.885. The largest absolute Gasteiger partial charge is 0.496 e. The number of methoxy groups -OCH3 is 2. The molecule has 1 aromatic carbocycles. The molecule has 1 N–H and O–H groups in total. The normalized spacial score (nSPS) is 17.4. The maximum Gasteiger partial charge on any atom is 0.305 e. The predicted octanol–water partition coefficient (Wildman–Crippen LogP) is 2.09. The zero-order chi connectivity index (χ0) is 16.3. The zero-order valence-corrected chi connectivity index (χ0v) is 13.1. The van der Waals surface area contributed by atoms with E-state index < -0.39 is 5.97 Å². The van der Waals surface area contributed by atoms with Gasteiger partial charge in [-0.3, -0.25) is 9.59 Å². The van der Waals surface area contributed by atoms with Crippen LogP contribution < -0.4 is 9.47 Å². The number of nitrogens with zero attached hydrogens (tertiary/aromatic N) is 1. The third-order valence-electron chi connectivity index (χ3n) is 4.05. The van der Waals surface area contributed by atoms with Crippen LogP contribution in [0.5, 0.6) is 11.5 Å². The smallest absolute Gasteiger partial charge is 0.305 e. The number of carboxylic acids is 1. The summed E-state index contributed by atoms with van der Waals surface area (Å²) < 4.78 is 10.6. The number of carbonyl (C=O) groups excluding carboxylic acids is 1. The topological polar surface area (TPSA) is 76.1 Å². The Labute approximate surface area is 129 Å². The first-order chi connectivity index (χ1) is 10.5. The first-order valence-corrected chi connectivity index (χ1v) is 7.23. The van der Waals surface area contributed by atoms with E-state index in [0.717, 1.165) is 18.4 Å². The van der Waals surface area contributed by atoms with Gasteiger partial charge < -0.3 is 19.5 Å². The van der Waals surface area contributed by atoms with Gasteiger partial charge in [-0.2, -0.15) is 0 Å². The van der Waals surface area contributed by atoms with Crippen molar-refractivity contribution in [3.05, 3.63) is 23.3 Å². The van der Waals surface area contributed by atoms with Crippen LogP contribution in [-0.2, 0) is 4.79 Å². The van der Waals surface area contributed by atoms with Gasteiger partial charge in [0.1, 0.15) is 11.5 Å². The Kier molecular flexibility index (Phi) is 4.90. The fourth-order valence-electron chi connectivity index (χ4n) is 2.89. The lowest BCUT2D eigenvalue weighted by Gasteiger charge is -2.24. The summed E-state index contributed by atoms with van der Waals surface area (Å²) in [6.45, 7) is 2.43. The van der Waals surface area contributed by atoms with Gasteiger partial charge in [-0.15, -0.1) is 0 Å². The van der Waals surface area contributed by atoms with Gasteiger partial charge in [0, 0.05) is 23.7 Å². The number of hydrogen-bond donors (Lipinski definition) is 1. The molecule has 1 heterocycles. The molecule has 0 aromatic heterocycles. The van der Waals surface area contributed by atoms with Gasteiger partial charge in [0.25, 0.3) is 5.91 Å². The Balaban J connectivity index is 2.30. The van der Waals surface area contributed by atoms with Crippen LogP contribution in [0, 0.1) is 6.92 Å². The number of ether oxygens (including phenoxy) is 2. The summed E-state index contributed by atoms with van der Waals surface area (Å²) in [7, 11) is 3.08. The SMILES string of the molecule is COc1cc(C(=O)N2CCCC2CC(=O)O)cc(OC)c1C. The average Bonchev–Trinajstić information content (AvgIpc) is 2.94. The van der Waals surface area contributed by atoms with E-state index in [1.54, 1.807) is 31.3 Å². The van der Waals surface area contributed by atoms with Crippen molar-refractivity contribution < 1.29 is 24.2 Å². The van der Waals surface area contributed by atoms with Gasteiger partial charge in [-0.05, 0) is 31.9 Å². The molecule has 1 fully saturated rings. The molecule has 6 nitrogen and oxygen atoms in total. The maximum atomic E-state index is 12.7. The summed E-state index contributed by atoms with van der Waals surface area (Å²) in [4.78, 5) is 25.3. The molecule has 1 saturated heterocycles. The fourth-order valence-corrected chi connectivity index (χ4v) is 2.89. The van der Waals surface area contributed by atoms with Crippen molar-refractivity contribution in [3.63, 3.8) is 0 Å². The molecular formula is C16H21NO5. The molecule has 0 aliphatic carbocycles. The Bertz CT molecular complexity index is 559. The van der Waals surface area contributed by atoms with Gasteiger partial charge in [0.05, 0.1) is 20.6 Å². The Morgan fingerprint density at radius 2 is 1.86 bits per heavy atom. The number of amides is 1. The van der Waals surface area contributed by atoms with Crippen molar-refractivity contribution in [2.45, 2.75) is 32.2 Å². The number of aliphatic carboxylic acids is 1. The second kappa shape index (κ2) is 6.68.